The predicted octanol–water partition coefficient (Wildman–Crippen LogP) is 3.39. The number of aliphatic carboxylic acids is 1. The van der Waals surface area contributed by atoms with Crippen LogP contribution in [0.2, 0.25) is 5.02 Å². The van der Waals surface area contributed by atoms with Crippen molar-refractivity contribution in [1.82, 2.24) is 9.97 Å². The quantitative estimate of drug-likeness (QED) is 0.806. The highest BCUT2D eigenvalue weighted by molar-refractivity contribution is 6.30. The molecule has 2 aromatic rings. The Morgan fingerprint density at radius 2 is 1.96 bits per heavy atom. The maximum absolute atomic E-state index is 11.1. The predicted molar refractivity (Wildman–Crippen MR) is 103 cm³/mol. The molecule has 0 unspecified atom stereocenters. The molecule has 1 aromatic heterocycles. The number of carboxylic acid groups (broad SMARTS) is 1. The number of hydrogen-bond acceptors (Lipinski definition) is 5. The summed E-state index contributed by atoms with van der Waals surface area (Å²) in [7, 11) is 0. The number of aromatic nitrogens is 2. The van der Waals surface area contributed by atoms with E-state index in [1.54, 1.807) is 0 Å². The van der Waals surface area contributed by atoms with Crippen LogP contribution in [-0.2, 0) is 11.2 Å². The Kier molecular flexibility index (Phi) is 5.93. The van der Waals surface area contributed by atoms with Crippen LogP contribution < -0.4 is 10.2 Å². The number of nitrogens with one attached hydrogen (secondary N) is 1. The second-order valence-electron chi connectivity index (χ2n) is 6.59. The van der Waals surface area contributed by atoms with Crippen LogP contribution in [0.5, 0.6) is 0 Å². The summed E-state index contributed by atoms with van der Waals surface area (Å²) in [6.07, 6.45) is 2.16. The number of aryl methyl sites for hydroxylation is 1. The fourth-order valence-corrected chi connectivity index (χ4v) is 3.24. The number of rotatable bonds is 6. The molecule has 2 heterocycles. The van der Waals surface area contributed by atoms with E-state index in [9.17, 15) is 4.79 Å². The first-order chi connectivity index (χ1) is 12.5. The second kappa shape index (κ2) is 8.36. The van der Waals surface area contributed by atoms with Crippen molar-refractivity contribution in [2.45, 2.75) is 26.2 Å². The van der Waals surface area contributed by atoms with Crippen LogP contribution in [0.25, 0.3) is 0 Å². The summed E-state index contributed by atoms with van der Waals surface area (Å²) in [5, 5.41) is 13.1. The first kappa shape index (κ1) is 18.5. The molecule has 7 heteroatoms. The zero-order valence-corrected chi connectivity index (χ0v) is 15.5. The minimum atomic E-state index is -0.701. The van der Waals surface area contributed by atoms with Gasteiger partial charge in [-0.15, -0.1) is 0 Å². The molecule has 0 amide bonds. The van der Waals surface area contributed by atoms with Crippen LogP contribution in [0.3, 0.4) is 0 Å². The second-order valence-corrected chi connectivity index (χ2v) is 7.03. The molecule has 1 saturated heterocycles. The molecule has 0 aliphatic carbocycles. The van der Waals surface area contributed by atoms with Crippen molar-refractivity contribution in [3.8, 4) is 0 Å². The van der Waals surface area contributed by atoms with Crippen molar-refractivity contribution in [2.24, 2.45) is 5.92 Å². The lowest BCUT2D eigenvalue weighted by Gasteiger charge is -2.31. The van der Waals surface area contributed by atoms with E-state index in [0.29, 0.717) is 31.9 Å². The third-order valence-electron chi connectivity index (χ3n) is 4.62. The summed E-state index contributed by atoms with van der Waals surface area (Å²) in [5.74, 6) is 0.517. The molecule has 138 valence electrons. The average molecular weight is 375 g/mol. The molecule has 26 heavy (non-hydrogen) atoms. The monoisotopic (exact) mass is 374 g/mol. The van der Waals surface area contributed by atoms with E-state index in [4.69, 9.17) is 16.7 Å². The Morgan fingerprint density at radius 1 is 1.27 bits per heavy atom. The molecular formula is C19H23ClN4O2. The van der Waals surface area contributed by atoms with Gasteiger partial charge in [0.1, 0.15) is 5.82 Å². The average Bonchev–Trinajstić information content (AvgIpc) is 2.63. The Hall–Kier alpha value is -2.34. The lowest BCUT2D eigenvalue weighted by Crippen LogP contribution is -2.37. The van der Waals surface area contributed by atoms with Gasteiger partial charge in [-0.25, -0.2) is 4.98 Å². The van der Waals surface area contributed by atoms with Crippen LogP contribution in [0.4, 0.5) is 11.8 Å². The number of carboxylic acids is 1. The van der Waals surface area contributed by atoms with Crippen molar-refractivity contribution in [1.29, 1.82) is 0 Å². The molecule has 6 nitrogen and oxygen atoms in total. The lowest BCUT2D eigenvalue weighted by molar-refractivity contribution is -0.142. The van der Waals surface area contributed by atoms with Gasteiger partial charge < -0.3 is 15.3 Å². The molecule has 3 rings (SSSR count). The summed E-state index contributed by atoms with van der Waals surface area (Å²) < 4.78 is 0. The van der Waals surface area contributed by atoms with Gasteiger partial charge in [-0.1, -0.05) is 23.7 Å². The third-order valence-corrected chi connectivity index (χ3v) is 4.87. The molecule has 1 aromatic carbocycles. The maximum atomic E-state index is 11.1. The van der Waals surface area contributed by atoms with E-state index >= 15 is 0 Å². The van der Waals surface area contributed by atoms with Gasteiger partial charge in [-0.2, -0.15) is 4.98 Å². The first-order valence-electron chi connectivity index (χ1n) is 8.83. The van der Waals surface area contributed by atoms with Gasteiger partial charge in [0, 0.05) is 36.4 Å². The summed E-state index contributed by atoms with van der Waals surface area (Å²) in [4.78, 5) is 22.3. The zero-order chi connectivity index (χ0) is 18.5. The van der Waals surface area contributed by atoms with Crippen LogP contribution in [0, 0.1) is 12.8 Å². The molecule has 0 saturated carbocycles. The first-order valence-corrected chi connectivity index (χ1v) is 9.21. The third kappa shape index (κ3) is 4.85. The number of carbonyl (C=O) groups is 1. The van der Waals surface area contributed by atoms with Crippen molar-refractivity contribution < 1.29 is 9.90 Å². The van der Waals surface area contributed by atoms with E-state index in [0.717, 1.165) is 29.5 Å². The molecule has 0 spiro atoms. The van der Waals surface area contributed by atoms with Gasteiger partial charge in [0.05, 0.1) is 5.92 Å². The van der Waals surface area contributed by atoms with Crippen molar-refractivity contribution >= 4 is 29.3 Å². The highest BCUT2D eigenvalue weighted by Crippen LogP contribution is 2.23. The lowest BCUT2D eigenvalue weighted by atomic mass is 9.97. The fraction of sp³-hybridized carbons (Fsp3) is 0.421. The molecule has 1 fully saturated rings. The molecule has 1 aliphatic heterocycles. The van der Waals surface area contributed by atoms with E-state index in [2.05, 4.69) is 20.2 Å². The maximum Gasteiger partial charge on any atom is 0.306 e. The minimum Gasteiger partial charge on any atom is -0.481 e. The zero-order valence-electron chi connectivity index (χ0n) is 14.8. The number of halogens is 1. The van der Waals surface area contributed by atoms with Gasteiger partial charge in [0.2, 0.25) is 5.95 Å². The van der Waals surface area contributed by atoms with Crippen LogP contribution in [0.1, 0.15) is 24.1 Å². The Morgan fingerprint density at radius 3 is 2.62 bits per heavy atom. The summed E-state index contributed by atoms with van der Waals surface area (Å²) in [6, 6.07) is 9.75. The van der Waals surface area contributed by atoms with Gasteiger partial charge in [0.25, 0.3) is 0 Å². The highest BCUT2D eigenvalue weighted by Gasteiger charge is 2.25. The largest absolute Gasteiger partial charge is 0.481 e. The van der Waals surface area contributed by atoms with E-state index in [1.165, 1.54) is 5.56 Å². The fourth-order valence-electron chi connectivity index (χ4n) is 3.12. The summed E-state index contributed by atoms with van der Waals surface area (Å²) in [6.45, 7) is 4.08. The van der Waals surface area contributed by atoms with E-state index < -0.39 is 5.97 Å². The van der Waals surface area contributed by atoms with Gasteiger partial charge >= 0.3 is 5.97 Å². The van der Waals surface area contributed by atoms with Crippen molar-refractivity contribution in [2.75, 3.05) is 29.9 Å². The van der Waals surface area contributed by atoms with Crippen LogP contribution in [0.15, 0.2) is 30.3 Å². The SMILES string of the molecule is Cc1cc(N2CCC(C(=O)O)CC2)nc(NCCc2ccc(Cl)cc2)n1. The Labute approximate surface area is 158 Å². The number of piperidine rings is 1. The standard InChI is InChI=1S/C19H23ClN4O2/c1-13-12-17(24-10-7-15(8-11-24)18(25)26)23-19(22-13)21-9-6-14-2-4-16(20)5-3-14/h2-5,12,15H,6-11H2,1H3,(H,25,26)(H,21,22,23). The highest BCUT2D eigenvalue weighted by atomic mass is 35.5. The van der Waals surface area contributed by atoms with E-state index in [1.807, 2.05) is 37.3 Å². The number of nitrogens with zero attached hydrogens (tertiary/aromatic N) is 3. The van der Waals surface area contributed by atoms with Crippen molar-refractivity contribution in [3.63, 3.8) is 0 Å². The normalized spacial score (nSPS) is 15.1. The van der Waals surface area contributed by atoms with Crippen LogP contribution >= 0.6 is 11.6 Å². The Balaban J connectivity index is 1.59. The van der Waals surface area contributed by atoms with Crippen LogP contribution in [-0.4, -0.2) is 40.7 Å². The van der Waals surface area contributed by atoms with Crippen molar-refractivity contribution in [3.05, 3.63) is 46.6 Å². The van der Waals surface area contributed by atoms with E-state index in [-0.39, 0.29) is 5.92 Å². The minimum absolute atomic E-state index is 0.244. The molecule has 0 radical (unpaired) electrons. The number of benzene rings is 1. The Bertz CT molecular complexity index is 759. The summed E-state index contributed by atoms with van der Waals surface area (Å²) >= 11 is 5.90. The smallest absolute Gasteiger partial charge is 0.306 e. The molecule has 0 atom stereocenters. The topological polar surface area (TPSA) is 78.4 Å². The molecule has 0 bridgehead atoms. The van der Waals surface area contributed by atoms with Gasteiger partial charge in [0.15, 0.2) is 0 Å². The molecular weight excluding hydrogens is 352 g/mol. The van der Waals surface area contributed by atoms with Gasteiger partial charge in [-0.3, -0.25) is 4.79 Å². The number of anilines is 2. The van der Waals surface area contributed by atoms with Gasteiger partial charge in [-0.05, 0) is 43.9 Å². The molecule has 2 N–H and O–H groups in total. The number of hydrogen-bond donors (Lipinski definition) is 2. The molecule has 1 aliphatic rings. The summed E-state index contributed by atoms with van der Waals surface area (Å²) in [5.41, 5.74) is 2.09.